The number of aromatic nitrogens is 1. The Morgan fingerprint density at radius 2 is 0.816 bits per heavy atom. The molecule has 2 heteroatoms. The highest BCUT2D eigenvalue weighted by atomic mass is 127. The molecule has 0 radical (unpaired) electrons. The van der Waals surface area contributed by atoms with Gasteiger partial charge in [0.05, 0.1) is 11.4 Å². The highest BCUT2D eigenvalue weighted by Crippen LogP contribution is 2.34. The second-order valence-electron chi connectivity index (χ2n) is 12.5. The van der Waals surface area contributed by atoms with Gasteiger partial charge in [0.15, 0.2) is 0 Å². The molecule has 0 amide bonds. The molecule has 0 unspecified atom stereocenters. The van der Waals surface area contributed by atoms with Crippen LogP contribution in [0.1, 0.15) is 30.9 Å². The van der Waals surface area contributed by atoms with E-state index in [9.17, 15) is 0 Å². The van der Waals surface area contributed by atoms with Crippen molar-refractivity contribution in [3.05, 3.63) is 179 Å². The summed E-state index contributed by atoms with van der Waals surface area (Å²) in [6, 6.07) is 57.1. The molecule has 0 saturated heterocycles. The van der Waals surface area contributed by atoms with Gasteiger partial charge >= 0.3 is 0 Å². The lowest BCUT2D eigenvalue weighted by atomic mass is 9.96. The predicted molar refractivity (Wildman–Crippen MR) is 218 cm³/mol. The summed E-state index contributed by atoms with van der Waals surface area (Å²) in [4.78, 5) is 5.23. The molecule has 238 valence electrons. The molecule has 0 aliphatic heterocycles. The van der Waals surface area contributed by atoms with Gasteiger partial charge in [0, 0.05) is 14.7 Å². The molecule has 7 rings (SSSR count). The molecule has 0 spiro atoms. The molecule has 0 saturated carbocycles. The summed E-state index contributed by atoms with van der Waals surface area (Å²) >= 11 is 2.35. The van der Waals surface area contributed by atoms with Crippen molar-refractivity contribution in [2.24, 2.45) is 0 Å². The van der Waals surface area contributed by atoms with Crippen LogP contribution < -0.4 is 0 Å². The summed E-state index contributed by atoms with van der Waals surface area (Å²) in [5.74, 6) is 0. The fraction of sp³-hybridized carbons (Fsp3) is 0.0851. The number of rotatable bonds is 10. The van der Waals surface area contributed by atoms with Gasteiger partial charge in [0.2, 0.25) is 0 Å². The van der Waals surface area contributed by atoms with Gasteiger partial charge in [-0.15, -0.1) is 0 Å². The zero-order valence-electron chi connectivity index (χ0n) is 27.7. The quantitative estimate of drug-likeness (QED) is 0.127. The Kier molecular flexibility index (Phi) is 9.95. The van der Waals surface area contributed by atoms with Crippen molar-refractivity contribution in [3.63, 3.8) is 0 Å². The van der Waals surface area contributed by atoms with E-state index in [1.807, 2.05) is 6.08 Å². The van der Waals surface area contributed by atoms with Crippen LogP contribution in [0.4, 0.5) is 0 Å². The lowest BCUT2D eigenvalue weighted by molar-refractivity contribution is 0.795. The molecular formula is C47H38IN. The molecule has 1 nitrogen and oxygen atoms in total. The van der Waals surface area contributed by atoms with Gasteiger partial charge in [0.1, 0.15) is 0 Å². The van der Waals surface area contributed by atoms with E-state index in [-0.39, 0.29) is 0 Å². The van der Waals surface area contributed by atoms with Crippen molar-refractivity contribution in [3.8, 4) is 67.0 Å². The van der Waals surface area contributed by atoms with Crippen molar-refractivity contribution < 1.29 is 0 Å². The fourth-order valence-electron chi connectivity index (χ4n) is 6.21. The van der Waals surface area contributed by atoms with Crippen molar-refractivity contribution in [1.29, 1.82) is 0 Å². The molecule has 49 heavy (non-hydrogen) atoms. The highest BCUT2D eigenvalue weighted by molar-refractivity contribution is 14.1. The summed E-state index contributed by atoms with van der Waals surface area (Å²) in [5, 5.41) is 0. The first kappa shape index (κ1) is 32.5. The van der Waals surface area contributed by atoms with E-state index in [2.05, 4.69) is 194 Å². The van der Waals surface area contributed by atoms with Gasteiger partial charge in [-0.2, -0.15) is 0 Å². The van der Waals surface area contributed by atoms with Crippen LogP contribution in [-0.4, -0.2) is 4.98 Å². The molecule has 6 aromatic carbocycles. The first-order valence-electron chi connectivity index (χ1n) is 17.0. The van der Waals surface area contributed by atoms with Crippen LogP contribution in [0.5, 0.6) is 0 Å². The number of unbranched alkanes of at least 4 members (excludes halogenated alkanes) is 1. The Morgan fingerprint density at radius 1 is 0.469 bits per heavy atom. The summed E-state index contributed by atoms with van der Waals surface area (Å²) < 4.78 is 1.23. The van der Waals surface area contributed by atoms with Gasteiger partial charge in [-0.05, 0) is 115 Å². The van der Waals surface area contributed by atoms with Crippen molar-refractivity contribution in [1.82, 2.24) is 4.98 Å². The number of hydrogen-bond acceptors (Lipinski definition) is 1. The Morgan fingerprint density at radius 3 is 1.22 bits per heavy atom. The van der Waals surface area contributed by atoms with Gasteiger partial charge in [-0.25, -0.2) is 4.98 Å². The fourth-order valence-corrected chi connectivity index (χ4v) is 6.57. The number of halogens is 1. The van der Waals surface area contributed by atoms with Gasteiger partial charge in [-0.1, -0.05) is 159 Å². The predicted octanol–water partition coefficient (Wildman–Crippen LogP) is 13.7. The van der Waals surface area contributed by atoms with E-state index in [0.29, 0.717) is 0 Å². The summed E-state index contributed by atoms with van der Waals surface area (Å²) in [6.07, 6.45) is 5.46. The molecule has 0 aliphatic rings. The minimum absolute atomic E-state index is 0.956. The topological polar surface area (TPSA) is 12.9 Å². The zero-order chi connectivity index (χ0) is 33.6. The number of pyridine rings is 1. The van der Waals surface area contributed by atoms with E-state index in [1.165, 1.54) is 55.4 Å². The standard InChI is InChI=1S/C47H38IN/c1-3-5-6-34-9-13-36(14-10-34)38-19-23-42(24-20-38)46-31-44(41-17-15-37(16-18-41)35-11-7-33(4-2)8-12-35)32-47(49-46)43-25-21-39(22-26-43)40-27-29-45(48)30-28-40/h4,7-32H,2-3,5-6H2,1H3. The van der Waals surface area contributed by atoms with Gasteiger partial charge in [0.25, 0.3) is 0 Å². The summed E-state index contributed by atoms with van der Waals surface area (Å²) in [5.41, 5.74) is 16.2. The highest BCUT2D eigenvalue weighted by Gasteiger charge is 2.11. The average molecular weight is 744 g/mol. The number of nitrogens with zero attached hydrogens (tertiary/aromatic N) is 1. The molecule has 1 heterocycles. The van der Waals surface area contributed by atoms with Crippen LogP contribution in [0, 0.1) is 3.57 Å². The minimum atomic E-state index is 0.956. The van der Waals surface area contributed by atoms with E-state index in [0.717, 1.165) is 45.6 Å². The minimum Gasteiger partial charge on any atom is -0.248 e. The van der Waals surface area contributed by atoms with Crippen molar-refractivity contribution in [2.45, 2.75) is 26.2 Å². The van der Waals surface area contributed by atoms with Gasteiger partial charge < -0.3 is 0 Å². The first-order valence-corrected chi connectivity index (χ1v) is 18.1. The largest absolute Gasteiger partial charge is 0.248 e. The maximum Gasteiger partial charge on any atom is 0.0715 e. The molecule has 0 fully saturated rings. The van der Waals surface area contributed by atoms with Gasteiger partial charge in [-0.3, -0.25) is 0 Å². The number of aryl methyl sites for hydroxylation is 1. The van der Waals surface area contributed by atoms with Crippen LogP contribution in [0.25, 0.3) is 73.1 Å². The SMILES string of the molecule is C=Cc1ccc(-c2ccc(-c3cc(-c4ccc(-c5ccc(I)cc5)cc4)nc(-c4ccc(-c5ccc(CCCC)cc5)cc4)c3)cc2)cc1. The Bertz CT molecular complexity index is 2160. The van der Waals surface area contributed by atoms with Crippen LogP contribution in [0.2, 0.25) is 0 Å². The van der Waals surface area contributed by atoms with Crippen LogP contribution in [-0.2, 0) is 6.42 Å². The molecular weight excluding hydrogens is 705 g/mol. The maximum absolute atomic E-state index is 5.23. The Hall–Kier alpha value is -5.06. The van der Waals surface area contributed by atoms with Crippen molar-refractivity contribution >= 4 is 28.7 Å². The second-order valence-corrected chi connectivity index (χ2v) is 13.7. The van der Waals surface area contributed by atoms with E-state index in [1.54, 1.807) is 0 Å². The van der Waals surface area contributed by atoms with E-state index >= 15 is 0 Å². The Balaban J connectivity index is 1.23. The summed E-state index contributed by atoms with van der Waals surface area (Å²) in [6.45, 7) is 6.12. The summed E-state index contributed by atoms with van der Waals surface area (Å²) in [7, 11) is 0. The molecule has 0 aliphatic carbocycles. The zero-order valence-corrected chi connectivity index (χ0v) is 29.9. The number of benzene rings is 6. The normalized spacial score (nSPS) is 11.0. The van der Waals surface area contributed by atoms with Crippen LogP contribution in [0.3, 0.4) is 0 Å². The van der Waals surface area contributed by atoms with Crippen LogP contribution in [0.15, 0.2) is 164 Å². The lowest BCUT2D eigenvalue weighted by Gasteiger charge is -2.12. The maximum atomic E-state index is 5.23. The molecule has 0 bridgehead atoms. The third-order valence-corrected chi connectivity index (χ3v) is 9.89. The third kappa shape index (κ3) is 7.66. The smallest absolute Gasteiger partial charge is 0.0715 e. The molecule has 0 N–H and O–H groups in total. The number of hydrogen-bond donors (Lipinski definition) is 0. The Labute approximate surface area is 304 Å². The molecule has 1 aromatic heterocycles. The van der Waals surface area contributed by atoms with Crippen LogP contribution >= 0.6 is 22.6 Å². The van der Waals surface area contributed by atoms with E-state index in [4.69, 9.17) is 4.98 Å². The first-order chi connectivity index (χ1) is 24.1. The lowest BCUT2D eigenvalue weighted by Crippen LogP contribution is -1.92. The second kappa shape index (κ2) is 15.0. The average Bonchev–Trinajstić information content (AvgIpc) is 3.18. The van der Waals surface area contributed by atoms with Crippen molar-refractivity contribution in [2.75, 3.05) is 0 Å². The monoisotopic (exact) mass is 743 g/mol. The third-order valence-electron chi connectivity index (χ3n) is 9.17. The van der Waals surface area contributed by atoms with E-state index < -0.39 is 0 Å². The molecule has 7 aromatic rings. The molecule has 0 atom stereocenters.